The molecule has 0 saturated carbocycles. The van der Waals surface area contributed by atoms with Gasteiger partial charge in [0.25, 0.3) is 0 Å². The Morgan fingerprint density at radius 3 is 2.50 bits per heavy atom. The molecular weight excluding hydrogens is 277 g/mol. The Labute approximate surface area is 121 Å². The van der Waals surface area contributed by atoms with Gasteiger partial charge in [0.15, 0.2) is 16.7 Å². The predicted octanol–water partition coefficient (Wildman–Crippen LogP) is 3.44. The number of hydrogen-bond acceptors (Lipinski definition) is 5. The SMILES string of the molecule is Cc1cnc(Sc2cc(OC(C)C)c(F)cc2N)nc1. The number of ether oxygens (including phenoxy) is 1. The van der Waals surface area contributed by atoms with Crippen LogP contribution in [-0.4, -0.2) is 16.1 Å². The van der Waals surface area contributed by atoms with Gasteiger partial charge in [-0.15, -0.1) is 0 Å². The van der Waals surface area contributed by atoms with Gasteiger partial charge in [-0.25, -0.2) is 14.4 Å². The highest BCUT2D eigenvalue weighted by Gasteiger charge is 2.12. The van der Waals surface area contributed by atoms with Gasteiger partial charge in [0, 0.05) is 29.0 Å². The fourth-order valence-electron chi connectivity index (χ4n) is 1.51. The summed E-state index contributed by atoms with van der Waals surface area (Å²) < 4.78 is 19.1. The first-order chi connectivity index (χ1) is 9.45. The first-order valence-electron chi connectivity index (χ1n) is 6.18. The molecular formula is C14H16FN3OS. The summed E-state index contributed by atoms with van der Waals surface area (Å²) in [6, 6.07) is 2.84. The largest absolute Gasteiger partial charge is 0.488 e. The van der Waals surface area contributed by atoms with Crippen LogP contribution in [0.4, 0.5) is 10.1 Å². The van der Waals surface area contributed by atoms with Gasteiger partial charge in [0.2, 0.25) is 0 Å². The Balaban J connectivity index is 2.28. The quantitative estimate of drug-likeness (QED) is 0.691. The molecule has 20 heavy (non-hydrogen) atoms. The van der Waals surface area contributed by atoms with E-state index in [1.54, 1.807) is 18.5 Å². The minimum atomic E-state index is -0.467. The Morgan fingerprint density at radius 2 is 1.90 bits per heavy atom. The zero-order chi connectivity index (χ0) is 14.7. The van der Waals surface area contributed by atoms with Crippen LogP contribution in [0.25, 0.3) is 0 Å². The van der Waals surface area contributed by atoms with Crippen LogP contribution in [0.1, 0.15) is 19.4 Å². The third kappa shape index (κ3) is 3.60. The average molecular weight is 293 g/mol. The monoisotopic (exact) mass is 293 g/mol. The second kappa shape index (κ2) is 6.09. The predicted molar refractivity (Wildman–Crippen MR) is 77.5 cm³/mol. The molecule has 106 valence electrons. The van der Waals surface area contributed by atoms with E-state index in [1.807, 2.05) is 20.8 Å². The van der Waals surface area contributed by atoms with Gasteiger partial charge >= 0.3 is 0 Å². The maximum absolute atomic E-state index is 13.7. The minimum absolute atomic E-state index is 0.110. The van der Waals surface area contributed by atoms with Crippen LogP contribution in [0.3, 0.4) is 0 Å². The Kier molecular flexibility index (Phi) is 4.44. The highest BCUT2D eigenvalue weighted by Crippen LogP contribution is 2.34. The Hall–Kier alpha value is -1.82. The van der Waals surface area contributed by atoms with Crippen molar-refractivity contribution in [1.29, 1.82) is 0 Å². The smallest absolute Gasteiger partial charge is 0.192 e. The van der Waals surface area contributed by atoms with E-state index in [2.05, 4.69) is 9.97 Å². The van der Waals surface area contributed by atoms with Crippen LogP contribution in [0.2, 0.25) is 0 Å². The van der Waals surface area contributed by atoms with Crippen molar-refractivity contribution in [2.75, 3.05) is 5.73 Å². The highest BCUT2D eigenvalue weighted by atomic mass is 32.2. The number of rotatable bonds is 4. The van der Waals surface area contributed by atoms with E-state index in [9.17, 15) is 4.39 Å². The van der Waals surface area contributed by atoms with Crippen LogP contribution in [0.15, 0.2) is 34.6 Å². The molecule has 0 atom stereocenters. The lowest BCUT2D eigenvalue weighted by Gasteiger charge is -2.13. The number of nitrogens with zero attached hydrogens (tertiary/aromatic N) is 2. The van der Waals surface area contributed by atoms with E-state index in [0.29, 0.717) is 15.7 Å². The van der Waals surface area contributed by atoms with Crippen molar-refractivity contribution < 1.29 is 9.13 Å². The molecule has 2 aromatic rings. The standard InChI is InChI=1S/C14H16FN3OS/c1-8(2)19-12-5-13(11(16)4-10(12)15)20-14-17-6-9(3)7-18-14/h4-8H,16H2,1-3H3. The zero-order valence-electron chi connectivity index (χ0n) is 11.6. The molecule has 6 heteroatoms. The first-order valence-corrected chi connectivity index (χ1v) is 6.99. The lowest BCUT2D eigenvalue weighted by Crippen LogP contribution is -2.07. The van der Waals surface area contributed by atoms with Gasteiger partial charge in [0.1, 0.15) is 0 Å². The van der Waals surface area contributed by atoms with Crippen LogP contribution >= 0.6 is 11.8 Å². The molecule has 1 aromatic heterocycles. The normalized spacial score (nSPS) is 10.8. The first kappa shape index (κ1) is 14.6. The van der Waals surface area contributed by atoms with Crippen molar-refractivity contribution in [3.05, 3.63) is 35.9 Å². The molecule has 0 bridgehead atoms. The summed E-state index contributed by atoms with van der Waals surface area (Å²) in [7, 11) is 0. The number of hydrogen-bond donors (Lipinski definition) is 1. The van der Waals surface area contributed by atoms with E-state index in [-0.39, 0.29) is 11.9 Å². The van der Waals surface area contributed by atoms with Crippen molar-refractivity contribution in [2.24, 2.45) is 0 Å². The maximum Gasteiger partial charge on any atom is 0.192 e. The molecule has 4 nitrogen and oxygen atoms in total. The van der Waals surface area contributed by atoms with Crippen LogP contribution < -0.4 is 10.5 Å². The summed E-state index contributed by atoms with van der Waals surface area (Å²) in [5.74, 6) is -0.283. The zero-order valence-corrected chi connectivity index (χ0v) is 12.4. The fraction of sp³-hybridized carbons (Fsp3) is 0.286. The van der Waals surface area contributed by atoms with Gasteiger partial charge in [0.05, 0.1) is 6.10 Å². The van der Waals surface area contributed by atoms with Crippen molar-refractivity contribution in [2.45, 2.75) is 36.9 Å². The van der Waals surface area contributed by atoms with E-state index in [1.165, 1.54) is 17.8 Å². The van der Waals surface area contributed by atoms with Crippen LogP contribution in [-0.2, 0) is 0 Å². The summed E-state index contributed by atoms with van der Waals surface area (Å²) in [5, 5.41) is 0.560. The lowest BCUT2D eigenvalue weighted by atomic mass is 10.3. The van der Waals surface area contributed by atoms with Gasteiger partial charge in [-0.1, -0.05) is 0 Å². The van der Waals surface area contributed by atoms with E-state index in [4.69, 9.17) is 10.5 Å². The molecule has 0 aliphatic carbocycles. The lowest BCUT2D eigenvalue weighted by molar-refractivity contribution is 0.230. The molecule has 0 unspecified atom stereocenters. The Morgan fingerprint density at radius 1 is 1.25 bits per heavy atom. The minimum Gasteiger partial charge on any atom is -0.488 e. The second-order valence-electron chi connectivity index (χ2n) is 4.63. The molecule has 0 amide bonds. The van der Waals surface area contributed by atoms with Gasteiger partial charge in [-0.2, -0.15) is 0 Å². The molecule has 2 N–H and O–H groups in total. The van der Waals surface area contributed by atoms with Crippen molar-refractivity contribution in [3.8, 4) is 5.75 Å². The third-order valence-corrected chi connectivity index (χ3v) is 3.35. The maximum atomic E-state index is 13.7. The number of aryl methyl sites for hydroxylation is 1. The molecule has 0 spiro atoms. The molecule has 0 aliphatic rings. The number of aromatic nitrogens is 2. The van der Waals surface area contributed by atoms with Gasteiger partial charge in [-0.3, -0.25) is 0 Å². The number of anilines is 1. The molecule has 0 aliphatic heterocycles. The van der Waals surface area contributed by atoms with Gasteiger partial charge in [-0.05, 0) is 44.2 Å². The fourth-order valence-corrected chi connectivity index (χ4v) is 2.26. The molecule has 2 rings (SSSR count). The molecule has 0 saturated heterocycles. The van der Waals surface area contributed by atoms with Gasteiger partial charge < -0.3 is 10.5 Å². The summed E-state index contributed by atoms with van der Waals surface area (Å²) in [6.45, 7) is 5.59. The molecule has 0 fully saturated rings. The second-order valence-corrected chi connectivity index (χ2v) is 5.64. The number of nitrogens with two attached hydrogens (primary N) is 1. The van der Waals surface area contributed by atoms with Crippen molar-refractivity contribution in [1.82, 2.24) is 9.97 Å². The number of halogens is 1. The van der Waals surface area contributed by atoms with E-state index in [0.717, 1.165) is 5.56 Å². The topological polar surface area (TPSA) is 61.0 Å². The summed E-state index contributed by atoms with van der Waals surface area (Å²) >= 11 is 1.28. The number of benzene rings is 1. The molecule has 0 radical (unpaired) electrons. The Bertz CT molecular complexity index is 602. The summed E-state index contributed by atoms with van der Waals surface area (Å²) in [6.07, 6.45) is 3.34. The van der Waals surface area contributed by atoms with Crippen LogP contribution in [0.5, 0.6) is 5.75 Å². The van der Waals surface area contributed by atoms with E-state index >= 15 is 0 Å². The van der Waals surface area contributed by atoms with Crippen molar-refractivity contribution >= 4 is 17.4 Å². The summed E-state index contributed by atoms with van der Waals surface area (Å²) in [4.78, 5) is 9.05. The summed E-state index contributed by atoms with van der Waals surface area (Å²) in [5.41, 5.74) is 7.14. The average Bonchev–Trinajstić information content (AvgIpc) is 2.37. The highest BCUT2D eigenvalue weighted by molar-refractivity contribution is 7.99. The third-order valence-electron chi connectivity index (χ3n) is 2.39. The van der Waals surface area contributed by atoms with E-state index < -0.39 is 5.82 Å². The number of nitrogen functional groups attached to an aromatic ring is 1. The van der Waals surface area contributed by atoms with Crippen LogP contribution in [0, 0.1) is 12.7 Å². The molecule has 1 aromatic carbocycles. The van der Waals surface area contributed by atoms with Crippen molar-refractivity contribution in [3.63, 3.8) is 0 Å². The molecule has 1 heterocycles.